The highest BCUT2D eigenvalue weighted by Crippen LogP contribution is 2.29. The Kier molecular flexibility index (Phi) is 4.72. The van der Waals surface area contributed by atoms with Gasteiger partial charge < -0.3 is 14.7 Å². The van der Waals surface area contributed by atoms with E-state index in [-0.39, 0.29) is 34.0 Å². The van der Waals surface area contributed by atoms with Gasteiger partial charge in [-0.05, 0) is 30.3 Å². The van der Waals surface area contributed by atoms with Crippen LogP contribution in [0, 0.1) is 0 Å². The second-order valence-electron chi connectivity index (χ2n) is 6.76. The summed E-state index contributed by atoms with van der Waals surface area (Å²) in [6.45, 7) is 0. The highest BCUT2D eigenvalue weighted by molar-refractivity contribution is 7.99. The molecule has 2 aromatic carbocycles. The summed E-state index contributed by atoms with van der Waals surface area (Å²) in [6.07, 6.45) is 1.75. The third-order valence-corrected chi connectivity index (χ3v) is 5.59. The van der Waals surface area contributed by atoms with Gasteiger partial charge in [-0.25, -0.2) is 0 Å². The van der Waals surface area contributed by atoms with Gasteiger partial charge in [-0.3, -0.25) is 14.4 Å². The first-order valence-corrected chi connectivity index (χ1v) is 10.3. The third-order valence-electron chi connectivity index (χ3n) is 4.77. The molecule has 5 rings (SSSR count). The lowest BCUT2D eigenvalue weighted by Gasteiger charge is -2.18. The first-order valence-electron chi connectivity index (χ1n) is 9.32. The lowest BCUT2D eigenvalue weighted by Crippen LogP contribution is -2.21. The average molecular weight is 430 g/mol. The van der Waals surface area contributed by atoms with Gasteiger partial charge in [-0.2, -0.15) is 0 Å². The third kappa shape index (κ3) is 3.55. The van der Waals surface area contributed by atoms with Crippen molar-refractivity contribution in [3.05, 3.63) is 83.0 Å². The van der Waals surface area contributed by atoms with Crippen LogP contribution in [0.1, 0.15) is 31.8 Å². The highest BCUT2D eigenvalue weighted by Gasteiger charge is 2.29. The molecule has 0 saturated carbocycles. The lowest BCUT2D eigenvalue weighted by molar-refractivity contribution is -0.113. The summed E-state index contributed by atoms with van der Waals surface area (Å²) in [5, 5.41) is 10.8. The lowest BCUT2D eigenvalue weighted by atomic mass is 9.84. The fourth-order valence-electron chi connectivity index (χ4n) is 3.34. The van der Waals surface area contributed by atoms with Gasteiger partial charge in [0, 0.05) is 34.1 Å². The number of aromatic nitrogens is 3. The SMILES string of the molecule is O=C(CSc1nnc(-c2ccc[nH]2)o1)Nc1ccc2c(c1)C(=O)c1ccccc1C2=O. The van der Waals surface area contributed by atoms with Crippen LogP contribution in [-0.2, 0) is 4.79 Å². The molecule has 152 valence electrons. The van der Waals surface area contributed by atoms with E-state index >= 15 is 0 Å². The number of H-pyrrole nitrogens is 1. The number of carbonyl (C=O) groups excluding carboxylic acids is 3. The van der Waals surface area contributed by atoms with Crippen LogP contribution in [0.15, 0.2) is 70.4 Å². The molecule has 4 aromatic rings. The molecular weight excluding hydrogens is 416 g/mol. The first kappa shape index (κ1) is 19.0. The predicted octanol–water partition coefficient (Wildman–Crippen LogP) is 3.57. The van der Waals surface area contributed by atoms with E-state index in [0.29, 0.717) is 34.0 Å². The molecule has 0 radical (unpaired) electrons. The number of ketones is 2. The molecule has 0 bridgehead atoms. The zero-order valence-electron chi connectivity index (χ0n) is 15.9. The molecule has 1 amide bonds. The van der Waals surface area contributed by atoms with Gasteiger partial charge >= 0.3 is 0 Å². The van der Waals surface area contributed by atoms with Crippen LogP contribution >= 0.6 is 11.8 Å². The van der Waals surface area contributed by atoms with Gasteiger partial charge in [0.2, 0.25) is 5.91 Å². The topological polar surface area (TPSA) is 118 Å². The van der Waals surface area contributed by atoms with Crippen LogP contribution in [-0.4, -0.2) is 38.4 Å². The Balaban J connectivity index is 1.27. The van der Waals surface area contributed by atoms with Gasteiger partial charge in [-0.15, -0.1) is 10.2 Å². The number of amides is 1. The van der Waals surface area contributed by atoms with Crippen molar-refractivity contribution in [3.63, 3.8) is 0 Å². The number of hydrogen-bond donors (Lipinski definition) is 2. The summed E-state index contributed by atoms with van der Waals surface area (Å²) >= 11 is 1.10. The second kappa shape index (κ2) is 7.69. The Morgan fingerprint density at radius 3 is 2.42 bits per heavy atom. The fourth-order valence-corrected chi connectivity index (χ4v) is 3.90. The van der Waals surface area contributed by atoms with Crippen molar-refractivity contribution in [1.29, 1.82) is 0 Å². The zero-order chi connectivity index (χ0) is 21.4. The van der Waals surface area contributed by atoms with Crippen LogP contribution in [0.25, 0.3) is 11.6 Å². The summed E-state index contributed by atoms with van der Waals surface area (Å²) in [7, 11) is 0. The van der Waals surface area contributed by atoms with Gasteiger partial charge in [0.25, 0.3) is 11.1 Å². The molecule has 0 aliphatic heterocycles. The summed E-state index contributed by atoms with van der Waals surface area (Å²) in [5.74, 6) is -0.365. The smallest absolute Gasteiger partial charge is 0.277 e. The maximum absolute atomic E-state index is 12.8. The van der Waals surface area contributed by atoms with Crippen molar-refractivity contribution < 1.29 is 18.8 Å². The normalized spacial score (nSPS) is 12.4. The summed E-state index contributed by atoms with van der Waals surface area (Å²) in [6, 6.07) is 15.0. The number of rotatable bonds is 5. The van der Waals surface area contributed by atoms with E-state index in [1.165, 1.54) is 6.07 Å². The number of hydrogen-bond acceptors (Lipinski definition) is 7. The largest absolute Gasteiger partial charge is 0.410 e. The second-order valence-corrected chi connectivity index (χ2v) is 7.68. The van der Waals surface area contributed by atoms with Crippen LogP contribution in [0.3, 0.4) is 0 Å². The van der Waals surface area contributed by atoms with E-state index in [1.54, 1.807) is 48.7 Å². The molecule has 9 heteroatoms. The minimum atomic E-state index is -0.306. The molecule has 0 spiro atoms. The maximum atomic E-state index is 12.8. The Bertz CT molecular complexity index is 1330. The maximum Gasteiger partial charge on any atom is 0.277 e. The van der Waals surface area contributed by atoms with Gasteiger partial charge in [0.05, 0.1) is 5.75 Å². The molecule has 2 N–H and O–H groups in total. The van der Waals surface area contributed by atoms with Crippen LogP contribution in [0.4, 0.5) is 5.69 Å². The van der Waals surface area contributed by atoms with E-state index in [2.05, 4.69) is 20.5 Å². The van der Waals surface area contributed by atoms with Crippen molar-refractivity contribution in [2.75, 3.05) is 11.1 Å². The van der Waals surface area contributed by atoms with Crippen LogP contribution in [0.2, 0.25) is 0 Å². The predicted molar refractivity (Wildman–Crippen MR) is 113 cm³/mol. The summed E-state index contributed by atoms with van der Waals surface area (Å²) < 4.78 is 5.51. The van der Waals surface area contributed by atoms with Crippen LogP contribution in [0.5, 0.6) is 0 Å². The Morgan fingerprint density at radius 2 is 1.68 bits per heavy atom. The molecular formula is C22H14N4O4S. The number of nitrogens with zero attached hydrogens (tertiary/aromatic N) is 2. The van der Waals surface area contributed by atoms with Gasteiger partial charge in [0.15, 0.2) is 11.6 Å². The number of aromatic amines is 1. The number of benzene rings is 2. The number of nitrogens with one attached hydrogen (secondary N) is 2. The highest BCUT2D eigenvalue weighted by atomic mass is 32.2. The average Bonchev–Trinajstić information content (AvgIpc) is 3.48. The molecule has 8 nitrogen and oxygen atoms in total. The number of thioether (sulfide) groups is 1. The van der Waals surface area contributed by atoms with Gasteiger partial charge in [0.1, 0.15) is 5.69 Å². The van der Waals surface area contributed by atoms with E-state index in [4.69, 9.17) is 4.42 Å². The fraction of sp³-hybridized carbons (Fsp3) is 0.0455. The molecule has 31 heavy (non-hydrogen) atoms. The number of fused-ring (bicyclic) bond motifs is 2. The summed E-state index contributed by atoms with van der Waals surface area (Å²) in [5.41, 5.74) is 2.50. The monoisotopic (exact) mass is 430 g/mol. The first-order chi connectivity index (χ1) is 15.1. The van der Waals surface area contributed by atoms with Crippen molar-refractivity contribution in [1.82, 2.24) is 15.2 Å². The van der Waals surface area contributed by atoms with Crippen molar-refractivity contribution in [2.24, 2.45) is 0 Å². The molecule has 1 aliphatic rings. The van der Waals surface area contributed by atoms with Crippen molar-refractivity contribution in [3.8, 4) is 11.6 Å². The quantitative estimate of drug-likeness (QED) is 0.409. The number of carbonyl (C=O) groups is 3. The van der Waals surface area contributed by atoms with E-state index in [0.717, 1.165) is 11.8 Å². The summed E-state index contributed by atoms with van der Waals surface area (Å²) in [4.78, 5) is 40.8. The molecule has 0 atom stereocenters. The van der Waals surface area contributed by atoms with Crippen molar-refractivity contribution >= 4 is 34.9 Å². The molecule has 1 aliphatic carbocycles. The molecule has 0 unspecified atom stereocenters. The number of anilines is 1. The van der Waals surface area contributed by atoms with Crippen LogP contribution < -0.4 is 5.32 Å². The van der Waals surface area contributed by atoms with Gasteiger partial charge in [-0.1, -0.05) is 36.0 Å². The molecule has 0 saturated heterocycles. The zero-order valence-corrected chi connectivity index (χ0v) is 16.7. The van der Waals surface area contributed by atoms with E-state index < -0.39 is 0 Å². The minimum absolute atomic E-state index is 0.0408. The Morgan fingerprint density at radius 1 is 0.935 bits per heavy atom. The van der Waals surface area contributed by atoms with E-state index in [1.807, 2.05) is 6.07 Å². The Hall–Kier alpha value is -3.98. The van der Waals surface area contributed by atoms with E-state index in [9.17, 15) is 14.4 Å². The Labute approximate surface area is 180 Å². The van der Waals surface area contributed by atoms with Crippen molar-refractivity contribution in [2.45, 2.75) is 5.22 Å². The standard InChI is InChI=1S/C22H14N4O4S/c27-18(11-31-22-26-25-21(30-22)17-6-3-9-23-17)24-12-7-8-15-16(10-12)20(29)14-5-2-1-4-13(14)19(15)28/h1-10,23H,11H2,(H,24,27). The minimum Gasteiger partial charge on any atom is -0.410 e. The molecule has 0 fully saturated rings. The molecule has 2 heterocycles. The molecule has 2 aromatic heterocycles.